The molecule has 142 valence electrons. The first-order chi connectivity index (χ1) is 12.9. The van der Waals surface area contributed by atoms with Crippen molar-refractivity contribution in [3.63, 3.8) is 0 Å². The van der Waals surface area contributed by atoms with Gasteiger partial charge in [-0.05, 0) is 38.3 Å². The SMILES string of the molecule is Cc1oc(C(=O)Nc2nc3c(C)cccc3s2)cc1S(=O)(=O)N1CCCC1. The van der Waals surface area contributed by atoms with Crippen LogP contribution >= 0.6 is 11.3 Å². The van der Waals surface area contributed by atoms with Gasteiger partial charge >= 0.3 is 0 Å². The summed E-state index contributed by atoms with van der Waals surface area (Å²) in [6.45, 7) is 4.51. The van der Waals surface area contributed by atoms with Crippen LogP contribution in [0.15, 0.2) is 33.6 Å². The molecule has 1 aromatic carbocycles. The monoisotopic (exact) mass is 405 g/mol. The molecule has 1 N–H and O–H groups in total. The van der Waals surface area contributed by atoms with E-state index < -0.39 is 15.9 Å². The number of furan rings is 1. The number of benzene rings is 1. The van der Waals surface area contributed by atoms with E-state index in [9.17, 15) is 13.2 Å². The van der Waals surface area contributed by atoms with Gasteiger partial charge in [0, 0.05) is 19.2 Å². The minimum atomic E-state index is -3.63. The lowest BCUT2D eigenvalue weighted by Crippen LogP contribution is -2.28. The molecule has 2 aromatic heterocycles. The van der Waals surface area contributed by atoms with E-state index in [0.717, 1.165) is 28.6 Å². The predicted molar refractivity (Wildman–Crippen MR) is 104 cm³/mol. The largest absolute Gasteiger partial charge is 0.455 e. The van der Waals surface area contributed by atoms with E-state index in [1.54, 1.807) is 6.92 Å². The number of para-hydroxylation sites is 1. The normalized spacial score (nSPS) is 15.5. The number of hydrogen-bond donors (Lipinski definition) is 1. The number of rotatable bonds is 4. The molecule has 1 aliphatic heterocycles. The summed E-state index contributed by atoms with van der Waals surface area (Å²) in [7, 11) is -3.63. The Bertz CT molecular complexity index is 1120. The summed E-state index contributed by atoms with van der Waals surface area (Å²) in [6, 6.07) is 7.14. The second-order valence-corrected chi connectivity index (χ2v) is 9.47. The lowest BCUT2D eigenvalue weighted by Gasteiger charge is -2.14. The average Bonchev–Trinajstić information content (AvgIpc) is 3.33. The summed E-state index contributed by atoms with van der Waals surface area (Å²) in [4.78, 5) is 17.0. The quantitative estimate of drug-likeness (QED) is 0.717. The number of carbonyl (C=O) groups excluding carboxylic acids is 1. The number of fused-ring (bicyclic) bond motifs is 1. The Labute approximate surface area is 161 Å². The summed E-state index contributed by atoms with van der Waals surface area (Å²) in [6.07, 6.45) is 1.70. The van der Waals surface area contributed by atoms with Gasteiger partial charge in [-0.25, -0.2) is 13.4 Å². The van der Waals surface area contributed by atoms with Crippen molar-refractivity contribution in [2.24, 2.45) is 0 Å². The number of amides is 1. The highest BCUT2D eigenvalue weighted by Crippen LogP contribution is 2.30. The van der Waals surface area contributed by atoms with Crippen molar-refractivity contribution in [3.8, 4) is 0 Å². The lowest BCUT2D eigenvalue weighted by atomic mass is 10.2. The maximum Gasteiger partial charge on any atom is 0.293 e. The third-order valence-corrected chi connectivity index (χ3v) is 7.56. The van der Waals surface area contributed by atoms with Crippen LogP contribution in [0.2, 0.25) is 0 Å². The highest BCUT2D eigenvalue weighted by atomic mass is 32.2. The number of sulfonamides is 1. The van der Waals surface area contributed by atoms with Crippen LogP contribution in [0.5, 0.6) is 0 Å². The minimum Gasteiger partial charge on any atom is -0.455 e. The smallest absolute Gasteiger partial charge is 0.293 e. The second-order valence-electron chi connectivity index (χ2n) is 6.54. The van der Waals surface area contributed by atoms with Crippen LogP contribution in [-0.2, 0) is 10.0 Å². The molecule has 0 atom stereocenters. The van der Waals surface area contributed by atoms with Gasteiger partial charge < -0.3 is 4.42 Å². The van der Waals surface area contributed by atoms with E-state index in [2.05, 4.69) is 10.3 Å². The summed E-state index contributed by atoms with van der Waals surface area (Å²) in [5, 5.41) is 3.15. The van der Waals surface area contributed by atoms with Crippen molar-refractivity contribution < 1.29 is 17.6 Å². The molecule has 7 nitrogen and oxygen atoms in total. The first kappa shape index (κ1) is 18.1. The van der Waals surface area contributed by atoms with Gasteiger partial charge in [0.1, 0.15) is 10.7 Å². The number of aromatic nitrogens is 1. The summed E-state index contributed by atoms with van der Waals surface area (Å²) in [5.74, 6) is -0.342. The van der Waals surface area contributed by atoms with Gasteiger partial charge in [0.05, 0.1) is 10.2 Å². The van der Waals surface area contributed by atoms with Gasteiger partial charge in [-0.15, -0.1) is 0 Å². The van der Waals surface area contributed by atoms with E-state index in [4.69, 9.17) is 4.42 Å². The molecule has 0 aliphatic carbocycles. The Morgan fingerprint density at radius 1 is 1.26 bits per heavy atom. The summed E-state index contributed by atoms with van der Waals surface area (Å²) >= 11 is 1.36. The highest BCUT2D eigenvalue weighted by Gasteiger charge is 2.31. The van der Waals surface area contributed by atoms with Gasteiger partial charge in [-0.1, -0.05) is 23.5 Å². The zero-order chi connectivity index (χ0) is 19.2. The lowest BCUT2D eigenvalue weighted by molar-refractivity contribution is 0.0995. The molecule has 3 heterocycles. The van der Waals surface area contributed by atoms with Crippen LogP contribution in [0.25, 0.3) is 10.2 Å². The molecule has 27 heavy (non-hydrogen) atoms. The zero-order valence-corrected chi connectivity index (χ0v) is 16.6. The number of thiazole rings is 1. The molecular formula is C18H19N3O4S2. The molecule has 3 aromatic rings. The highest BCUT2D eigenvalue weighted by molar-refractivity contribution is 7.89. The van der Waals surface area contributed by atoms with E-state index in [0.29, 0.717) is 18.2 Å². The fourth-order valence-corrected chi connectivity index (χ4v) is 5.82. The molecule has 9 heteroatoms. The van der Waals surface area contributed by atoms with Gasteiger partial charge in [0.2, 0.25) is 10.0 Å². The fourth-order valence-electron chi connectivity index (χ4n) is 3.20. The fraction of sp³-hybridized carbons (Fsp3) is 0.333. The number of anilines is 1. The standard InChI is InChI=1S/C18H19N3O4S2/c1-11-6-5-7-14-16(11)19-18(26-14)20-17(22)13-10-15(12(2)25-13)27(23,24)21-8-3-4-9-21/h5-7,10H,3-4,8-9H2,1-2H3,(H,19,20,22). The van der Waals surface area contributed by atoms with Crippen molar-refractivity contribution in [2.75, 3.05) is 18.4 Å². The summed E-state index contributed by atoms with van der Waals surface area (Å²) in [5.41, 5.74) is 1.86. The maximum atomic E-state index is 12.7. The molecule has 0 spiro atoms. The van der Waals surface area contributed by atoms with Crippen molar-refractivity contribution in [1.82, 2.24) is 9.29 Å². The molecule has 1 aliphatic rings. The van der Waals surface area contributed by atoms with Gasteiger partial charge in [-0.3, -0.25) is 10.1 Å². The Hall–Kier alpha value is -2.23. The van der Waals surface area contributed by atoms with Gasteiger partial charge in [0.25, 0.3) is 5.91 Å². The summed E-state index contributed by atoms with van der Waals surface area (Å²) < 4.78 is 33.3. The molecule has 0 saturated carbocycles. The van der Waals surface area contributed by atoms with E-state index in [1.807, 2.05) is 25.1 Å². The molecule has 1 amide bonds. The Morgan fingerprint density at radius 2 is 2.00 bits per heavy atom. The first-order valence-electron chi connectivity index (χ1n) is 8.64. The van der Waals surface area contributed by atoms with Crippen LogP contribution < -0.4 is 5.32 Å². The van der Waals surface area contributed by atoms with Crippen LogP contribution in [-0.4, -0.2) is 36.7 Å². The number of nitrogens with one attached hydrogen (secondary N) is 1. The van der Waals surface area contributed by atoms with Gasteiger partial charge in [-0.2, -0.15) is 4.31 Å². The Balaban J connectivity index is 1.60. The number of nitrogens with zero attached hydrogens (tertiary/aromatic N) is 2. The van der Waals surface area contributed by atoms with Crippen LogP contribution in [0, 0.1) is 13.8 Å². The maximum absolute atomic E-state index is 12.7. The molecule has 1 fully saturated rings. The van der Waals surface area contributed by atoms with Crippen LogP contribution in [0.3, 0.4) is 0 Å². The van der Waals surface area contributed by atoms with Crippen molar-refractivity contribution in [3.05, 3.63) is 41.3 Å². The second kappa shape index (κ2) is 6.74. The van der Waals surface area contributed by atoms with Crippen molar-refractivity contribution in [1.29, 1.82) is 0 Å². The molecule has 1 saturated heterocycles. The molecule has 0 bridgehead atoms. The molecule has 0 unspecified atom stereocenters. The third kappa shape index (κ3) is 3.26. The predicted octanol–water partition coefficient (Wildman–Crippen LogP) is 3.54. The van der Waals surface area contributed by atoms with Gasteiger partial charge in [0.15, 0.2) is 10.9 Å². The van der Waals surface area contributed by atoms with E-state index in [1.165, 1.54) is 21.7 Å². The zero-order valence-electron chi connectivity index (χ0n) is 15.0. The Morgan fingerprint density at radius 3 is 2.70 bits per heavy atom. The molecule has 4 rings (SSSR count). The van der Waals surface area contributed by atoms with Crippen LogP contribution in [0.1, 0.15) is 34.7 Å². The van der Waals surface area contributed by atoms with Crippen molar-refractivity contribution in [2.45, 2.75) is 31.6 Å². The minimum absolute atomic E-state index is 0.0405. The number of hydrogen-bond acceptors (Lipinski definition) is 6. The van der Waals surface area contributed by atoms with E-state index in [-0.39, 0.29) is 16.4 Å². The van der Waals surface area contributed by atoms with Crippen molar-refractivity contribution >= 4 is 42.6 Å². The Kier molecular flexibility index (Phi) is 4.53. The molecule has 0 radical (unpaired) electrons. The third-order valence-electron chi connectivity index (χ3n) is 4.62. The van der Waals surface area contributed by atoms with Crippen LogP contribution in [0.4, 0.5) is 5.13 Å². The topological polar surface area (TPSA) is 92.5 Å². The number of aryl methyl sites for hydroxylation is 2. The molecular weight excluding hydrogens is 386 g/mol. The van der Waals surface area contributed by atoms with E-state index >= 15 is 0 Å². The average molecular weight is 406 g/mol. The number of carbonyl (C=O) groups is 1. The first-order valence-corrected chi connectivity index (χ1v) is 10.9.